The van der Waals surface area contributed by atoms with Crippen LogP contribution in [0.3, 0.4) is 0 Å². The summed E-state index contributed by atoms with van der Waals surface area (Å²) in [6.45, 7) is 3.50. The Morgan fingerprint density at radius 3 is 2.26 bits per heavy atom. The molecule has 2 aromatic heterocycles. The highest BCUT2D eigenvalue weighted by Crippen LogP contribution is 2.37. The predicted molar refractivity (Wildman–Crippen MR) is 119 cm³/mol. The van der Waals surface area contributed by atoms with Gasteiger partial charge in [0.05, 0.1) is 13.4 Å². The number of fused-ring (bicyclic) bond motifs is 1. The number of carbonyl (C=O) groups excluding carboxylic acids is 3. The predicted octanol–water partition coefficient (Wildman–Crippen LogP) is 1.83. The summed E-state index contributed by atoms with van der Waals surface area (Å²) < 4.78 is 28.9. The molecule has 184 valence electrons. The minimum Gasteiger partial charge on any atom is -0.497 e. The summed E-state index contributed by atoms with van der Waals surface area (Å²) in [5, 5.41) is 0. The number of esters is 3. The number of hydrogen-bond acceptors (Lipinski definition) is 11. The lowest BCUT2D eigenvalue weighted by atomic mass is 10.1. The van der Waals surface area contributed by atoms with Crippen molar-refractivity contribution in [3.8, 4) is 17.0 Å². The first-order chi connectivity index (χ1) is 16.8. The van der Waals surface area contributed by atoms with Gasteiger partial charge in [0.25, 0.3) is 0 Å². The highest BCUT2D eigenvalue weighted by Gasteiger charge is 2.51. The molecular weight excluding hydrogens is 460 g/mol. The number of hydrogen-bond donors (Lipinski definition) is 0. The van der Waals surface area contributed by atoms with Crippen LogP contribution >= 0.6 is 0 Å². The highest BCUT2D eigenvalue weighted by molar-refractivity contribution is 5.87. The Balaban J connectivity index is 1.75. The SMILES string of the molecule is COc1ccc(-c2ncnc3c2ncn3[C@@H]2O[C@H](COC(C)=O)[C@@H](OC(C)=O)[C@H]2OC(C)=O)cc1. The number of methoxy groups -OCH3 is 1. The van der Waals surface area contributed by atoms with E-state index in [9.17, 15) is 14.4 Å². The molecule has 1 aromatic carbocycles. The van der Waals surface area contributed by atoms with E-state index >= 15 is 0 Å². The fraction of sp³-hybridized carbons (Fsp3) is 0.391. The number of imidazole rings is 1. The molecule has 0 amide bonds. The molecule has 12 heteroatoms. The summed E-state index contributed by atoms with van der Waals surface area (Å²) >= 11 is 0. The normalized spacial score (nSPS) is 21.5. The lowest BCUT2D eigenvalue weighted by Gasteiger charge is -2.23. The second kappa shape index (κ2) is 10.1. The van der Waals surface area contributed by atoms with Crippen LogP contribution < -0.4 is 4.74 Å². The zero-order valence-corrected chi connectivity index (χ0v) is 19.5. The second-order valence-corrected chi connectivity index (χ2v) is 7.79. The first-order valence-corrected chi connectivity index (χ1v) is 10.7. The molecule has 3 heterocycles. The number of ether oxygens (including phenoxy) is 5. The molecule has 0 radical (unpaired) electrons. The molecule has 1 saturated heterocycles. The van der Waals surface area contributed by atoms with E-state index in [0.29, 0.717) is 22.6 Å². The molecule has 0 saturated carbocycles. The van der Waals surface area contributed by atoms with Gasteiger partial charge in [0.1, 0.15) is 36.0 Å². The molecule has 1 fully saturated rings. The Bertz CT molecular complexity index is 1240. The van der Waals surface area contributed by atoms with Crippen molar-refractivity contribution in [2.75, 3.05) is 13.7 Å². The van der Waals surface area contributed by atoms with E-state index in [-0.39, 0.29) is 6.61 Å². The zero-order chi connectivity index (χ0) is 25.1. The molecule has 0 aliphatic carbocycles. The zero-order valence-electron chi connectivity index (χ0n) is 19.5. The van der Waals surface area contributed by atoms with Crippen LogP contribution in [0.25, 0.3) is 22.4 Å². The van der Waals surface area contributed by atoms with Gasteiger partial charge in [0, 0.05) is 26.3 Å². The Labute approximate surface area is 200 Å². The maximum atomic E-state index is 11.9. The second-order valence-electron chi connectivity index (χ2n) is 7.79. The van der Waals surface area contributed by atoms with Gasteiger partial charge >= 0.3 is 17.9 Å². The van der Waals surface area contributed by atoms with Crippen molar-refractivity contribution in [3.05, 3.63) is 36.9 Å². The minimum atomic E-state index is -1.05. The van der Waals surface area contributed by atoms with E-state index in [0.717, 1.165) is 5.56 Å². The molecule has 4 rings (SSSR count). The number of aromatic nitrogens is 4. The van der Waals surface area contributed by atoms with E-state index in [1.54, 1.807) is 23.8 Å². The van der Waals surface area contributed by atoms with E-state index in [1.165, 1.54) is 33.4 Å². The fourth-order valence-corrected chi connectivity index (χ4v) is 3.92. The summed E-state index contributed by atoms with van der Waals surface area (Å²) in [4.78, 5) is 48.3. The fourth-order valence-electron chi connectivity index (χ4n) is 3.92. The average Bonchev–Trinajstić information content (AvgIpc) is 3.38. The van der Waals surface area contributed by atoms with Crippen LogP contribution in [0.15, 0.2) is 36.9 Å². The lowest BCUT2D eigenvalue weighted by Crippen LogP contribution is -2.40. The summed E-state index contributed by atoms with van der Waals surface area (Å²) in [6, 6.07) is 7.30. The maximum Gasteiger partial charge on any atom is 0.303 e. The van der Waals surface area contributed by atoms with Crippen LogP contribution in [0.1, 0.15) is 27.0 Å². The molecule has 1 aliphatic heterocycles. The third-order valence-corrected chi connectivity index (χ3v) is 5.34. The molecular formula is C23H24N4O8. The molecule has 12 nitrogen and oxygen atoms in total. The Hall–Kier alpha value is -4.06. The Morgan fingerprint density at radius 1 is 0.943 bits per heavy atom. The molecule has 0 unspecified atom stereocenters. The van der Waals surface area contributed by atoms with Crippen molar-refractivity contribution >= 4 is 29.1 Å². The van der Waals surface area contributed by atoms with Gasteiger partial charge in [0.2, 0.25) is 0 Å². The van der Waals surface area contributed by atoms with Gasteiger partial charge in [-0.25, -0.2) is 15.0 Å². The van der Waals surface area contributed by atoms with Gasteiger partial charge in [-0.15, -0.1) is 0 Å². The van der Waals surface area contributed by atoms with Crippen LogP contribution in [0.4, 0.5) is 0 Å². The maximum absolute atomic E-state index is 11.9. The topological polar surface area (TPSA) is 141 Å². The van der Waals surface area contributed by atoms with Crippen LogP contribution in [-0.2, 0) is 33.3 Å². The van der Waals surface area contributed by atoms with E-state index in [2.05, 4.69) is 15.0 Å². The van der Waals surface area contributed by atoms with Crippen LogP contribution in [0.5, 0.6) is 5.75 Å². The number of nitrogens with zero attached hydrogens (tertiary/aromatic N) is 4. The van der Waals surface area contributed by atoms with Crippen molar-refractivity contribution in [3.63, 3.8) is 0 Å². The highest BCUT2D eigenvalue weighted by atomic mass is 16.7. The summed E-state index contributed by atoms with van der Waals surface area (Å²) in [5.41, 5.74) is 2.25. The summed E-state index contributed by atoms with van der Waals surface area (Å²) in [6.07, 6.45) is -1.07. The molecule has 35 heavy (non-hydrogen) atoms. The molecule has 0 spiro atoms. The van der Waals surface area contributed by atoms with Gasteiger partial charge < -0.3 is 23.7 Å². The van der Waals surface area contributed by atoms with Crippen molar-refractivity contribution in [2.45, 2.75) is 45.3 Å². The number of benzene rings is 1. The van der Waals surface area contributed by atoms with E-state index < -0.39 is 42.4 Å². The molecule has 4 atom stereocenters. The number of carbonyl (C=O) groups is 3. The Morgan fingerprint density at radius 2 is 1.63 bits per heavy atom. The quantitative estimate of drug-likeness (QED) is 0.358. The van der Waals surface area contributed by atoms with Crippen molar-refractivity contribution in [1.29, 1.82) is 0 Å². The van der Waals surface area contributed by atoms with Crippen molar-refractivity contribution in [2.24, 2.45) is 0 Å². The van der Waals surface area contributed by atoms with Gasteiger partial charge in [0.15, 0.2) is 24.1 Å². The minimum absolute atomic E-state index is 0.208. The largest absolute Gasteiger partial charge is 0.497 e. The smallest absolute Gasteiger partial charge is 0.303 e. The van der Waals surface area contributed by atoms with Gasteiger partial charge in [-0.1, -0.05) is 0 Å². The van der Waals surface area contributed by atoms with Gasteiger partial charge in [-0.05, 0) is 24.3 Å². The van der Waals surface area contributed by atoms with E-state index in [1.807, 2.05) is 12.1 Å². The van der Waals surface area contributed by atoms with E-state index in [4.69, 9.17) is 23.7 Å². The average molecular weight is 484 g/mol. The third kappa shape index (κ3) is 5.06. The first kappa shape index (κ1) is 24.1. The van der Waals surface area contributed by atoms with Crippen molar-refractivity contribution < 1.29 is 38.1 Å². The van der Waals surface area contributed by atoms with Crippen LogP contribution in [0, 0.1) is 0 Å². The van der Waals surface area contributed by atoms with Crippen molar-refractivity contribution in [1.82, 2.24) is 19.5 Å². The summed E-state index contributed by atoms with van der Waals surface area (Å²) in [7, 11) is 1.58. The van der Waals surface area contributed by atoms with Gasteiger partial charge in [-0.2, -0.15) is 0 Å². The standard InChI is InChI=1S/C23H24N4O8/c1-12(28)32-9-17-20(33-13(2)29)21(34-14(3)30)23(35-17)27-11-26-19-18(24-10-25-22(19)27)15-5-7-16(31-4)8-6-15/h5-8,10-11,17,20-21,23H,9H2,1-4H3/t17-,20-,21-,23-/m1/s1. The lowest BCUT2D eigenvalue weighted by molar-refractivity contribution is -0.166. The molecule has 0 bridgehead atoms. The Kier molecular flexibility index (Phi) is 6.92. The first-order valence-electron chi connectivity index (χ1n) is 10.7. The third-order valence-electron chi connectivity index (χ3n) is 5.34. The summed E-state index contributed by atoms with van der Waals surface area (Å²) in [5.74, 6) is -1.05. The van der Waals surface area contributed by atoms with Crippen LogP contribution in [0.2, 0.25) is 0 Å². The molecule has 3 aromatic rings. The molecule has 0 N–H and O–H groups in total. The monoisotopic (exact) mass is 484 g/mol. The van der Waals surface area contributed by atoms with Crippen LogP contribution in [-0.4, -0.2) is 69.5 Å². The number of rotatable bonds is 7. The molecule has 1 aliphatic rings. The van der Waals surface area contributed by atoms with Gasteiger partial charge in [-0.3, -0.25) is 19.0 Å².